The maximum absolute atomic E-state index is 13.3. The van der Waals surface area contributed by atoms with Gasteiger partial charge >= 0.3 is 6.18 Å². The molecule has 6 nitrogen and oxygen atoms in total. The molecule has 29 heavy (non-hydrogen) atoms. The third-order valence-electron chi connectivity index (χ3n) is 3.77. The Balaban J connectivity index is 1.90. The Morgan fingerprint density at radius 1 is 1.14 bits per heavy atom. The van der Waals surface area contributed by atoms with Crippen LogP contribution in [0.3, 0.4) is 0 Å². The van der Waals surface area contributed by atoms with Gasteiger partial charge in [0.25, 0.3) is 0 Å². The first kappa shape index (κ1) is 20.8. The van der Waals surface area contributed by atoms with Crippen molar-refractivity contribution in [2.24, 2.45) is 0 Å². The molecule has 0 aliphatic carbocycles. The Kier molecular flexibility index (Phi) is 6.16. The van der Waals surface area contributed by atoms with Gasteiger partial charge in [0.15, 0.2) is 0 Å². The zero-order valence-corrected chi connectivity index (χ0v) is 15.9. The summed E-state index contributed by atoms with van der Waals surface area (Å²) in [5, 5.41) is 11.5. The number of pyridine rings is 1. The van der Waals surface area contributed by atoms with Crippen LogP contribution in [0.5, 0.6) is 0 Å². The van der Waals surface area contributed by atoms with E-state index in [2.05, 4.69) is 20.5 Å². The highest BCUT2D eigenvalue weighted by atomic mass is 32.2. The number of nitrogens with one attached hydrogen (secondary N) is 1. The molecule has 1 aromatic carbocycles. The largest absolute Gasteiger partial charge is 0.417 e. The first-order valence-corrected chi connectivity index (χ1v) is 9.21. The average Bonchev–Trinajstić information content (AvgIpc) is 3.04. The zero-order valence-electron chi connectivity index (χ0n) is 15.1. The minimum Gasteiger partial charge on any atom is -0.356 e. The Morgan fingerprint density at radius 2 is 1.86 bits per heavy atom. The summed E-state index contributed by atoms with van der Waals surface area (Å²) < 4.78 is 53.1. The van der Waals surface area contributed by atoms with Crippen LogP contribution in [-0.4, -0.2) is 32.2 Å². The molecule has 0 fully saturated rings. The van der Waals surface area contributed by atoms with Gasteiger partial charge in [0.2, 0.25) is 11.1 Å². The van der Waals surface area contributed by atoms with Crippen molar-refractivity contribution in [3.8, 4) is 5.69 Å². The van der Waals surface area contributed by atoms with Crippen molar-refractivity contribution in [2.45, 2.75) is 29.7 Å². The predicted octanol–water partition coefficient (Wildman–Crippen LogP) is 3.65. The summed E-state index contributed by atoms with van der Waals surface area (Å²) in [6.07, 6.45) is -3.37. The smallest absolute Gasteiger partial charge is 0.356 e. The molecule has 152 valence electrons. The molecule has 0 aliphatic heterocycles. The van der Waals surface area contributed by atoms with Crippen LogP contribution in [0.25, 0.3) is 5.69 Å². The minimum absolute atomic E-state index is 0.193. The van der Waals surface area contributed by atoms with E-state index < -0.39 is 17.6 Å². The van der Waals surface area contributed by atoms with Gasteiger partial charge in [-0.1, -0.05) is 0 Å². The van der Waals surface area contributed by atoms with E-state index in [1.165, 1.54) is 37.3 Å². The average molecular weight is 425 g/mol. The van der Waals surface area contributed by atoms with Crippen LogP contribution in [0.4, 0.5) is 17.6 Å². The van der Waals surface area contributed by atoms with E-state index in [4.69, 9.17) is 0 Å². The maximum atomic E-state index is 13.3. The van der Waals surface area contributed by atoms with Crippen molar-refractivity contribution in [2.75, 3.05) is 6.54 Å². The second-order valence-electron chi connectivity index (χ2n) is 5.93. The number of aromatic nitrogens is 4. The van der Waals surface area contributed by atoms with Crippen molar-refractivity contribution in [3.63, 3.8) is 0 Å². The number of benzene rings is 1. The fraction of sp³-hybridized carbons (Fsp3) is 0.222. The summed E-state index contributed by atoms with van der Waals surface area (Å²) in [5.74, 6) is -0.110. The first-order valence-electron chi connectivity index (χ1n) is 8.40. The van der Waals surface area contributed by atoms with Gasteiger partial charge in [-0.25, -0.2) is 9.37 Å². The fourth-order valence-corrected chi connectivity index (χ4v) is 3.24. The highest BCUT2D eigenvalue weighted by molar-refractivity contribution is 7.99. The number of carbonyl (C=O) groups excluding carboxylic acids is 1. The monoisotopic (exact) mass is 425 g/mol. The molecule has 0 bridgehead atoms. The Morgan fingerprint density at radius 3 is 2.45 bits per heavy atom. The van der Waals surface area contributed by atoms with Crippen LogP contribution in [0.15, 0.2) is 52.8 Å². The quantitative estimate of drug-likeness (QED) is 0.611. The van der Waals surface area contributed by atoms with Crippen LogP contribution >= 0.6 is 11.8 Å². The van der Waals surface area contributed by atoms with E-state index in [-0.39, 0.29) is 5.91 Å². The number of alkyl halides is 3. The van der Waals surface area contributed by atoms with Crippen LogP contribution in [0, 0.1) is 5.82 Å². The lowest BCUT2D eigenvalue weighted by atomic mass is 10.3. The van der Waals surface area contributed by atoms with Gasteiger partial charge in [0, 0.05) is 31.8 Å². The van der Waals surface area contributed by atoms with Gasteiger partial charge < -0.3 is 5.32 Å². The first-order chi connectivity index (χ1) is 13.7. The topological polar surface area (TPSA) is 72.7 Å². The molecule has 0 saturated carbocycles. The van der Waals surface area contributed by atoms with Crippen LogP contribution in [0.1, 0.15) is 18.3 Å². The molecule has 0 radical (unpaired) electrons. The van der Waals surface area contributed by atoms with Crippen LogP contribution in [-0.2, 0) is 17.4 Å². The Bertz CT molecular complexity index is 987. The van der Waals surface area contributed by atoms with Crippen molar-refractivity contribution in [1.29, 1.82) is 0 Å². The molecule has 1 amide bonds. The van der Waals surface area contributed by atoms with Gasteiger partial charge in [-0.3, -0.25) is 9.36 Å². The third kappa shape index (κ3) is 5.31. The third-order valence-corrected chi connectivity index (χ3v) is 4.66. The number of amides is 1. The molecule has 3 rings (SSSR count). The van der Waals surface area contributed by atoms with Gasteiger partial charge in [-0.05, 0) is 48.2 Å². The number of carbonyl (C=O) groups is 1. The lowest BCUT2D eigenvalue weighted by Crippen LogP contribution is -2.23. The van der Waals surface area contributed by atoms with Gasteiger partial charge in [-0.15, -0.1) is 10.2 Å². The van der Waals surface area contributed by atoms with Crippen molar-refractivity contribution < 1.29 is 22.4 Å². The molecule has 0 saturated heterocycles. The number of hydrogen-bond donors (Lipinski definition) is 1. The van der Waals surface area contributed by atoms with Gasteiger partial charge in [0.1, 0.15) is 16.7 Å². The number of halogens is 4. The second kappa shape index (κ2) is 8.60. The number of rotatable bonds is 6. The molecule has 0 unspecified atom stereocenters. The molecule has 2 heterocycles. The van der Waals surface area contributed by atoms with E-state index in [0.717, 1.165) is 24.0 Å². The lowest BCUT2D eigenvalue weighted by molar-refractivity contribution is -0.137. The van der Waals surface area contributed by atoms with E-state index in [1.54, 1.807) is 4.57 Å². The second-order valence-corrected chi connectivity index (χ2v) is 6.92. The van der Waals surface area contributed by atoms with Crippen LogP contribution < -0.4 is 5.32 Å². The van der Waals surface area contributed by atoms with Crippen molar-refractivity contribution >= 4 is 17.7 Å². The number of hydrogen-bond acceptors (Lipinski definition) is 5. The highest BCUT2D eigenvalue weighted by Crippen LogP contribution is 2.32. The molecule has 1 N–H and O–H groups in total. The van der Waals surface area contributed by atoms with E-state index >= 15 is 0 Å². The molecule has 3 aromatic rings. The predicted molar refractivity (Wildman–Crippen MR) is 97.1 cm³/mol. The zero-order chi connectivity index (χ0) is 21.0. The molecule has 0 aliphatic rings. The normalized spacial score (nSPS) is 11.5. The summed E-state index contributed by atoms with van der Waals surface area (Å²) in [6, 6.07) is 7.80. The summed E-state index contributed by atoms with van der Waals surface area (Å²) >= 11 is 1.02. The Labute approximate surface area is 167 Å². The summed E-state index contributed by atoms with van der Waals surface area (Å²) in [4.78, 5) is 14.9. The van der Waals surface area contributed by atoms with Gasteiger partial charge in [-0.2, -0.15) is 13.2 Å². The van der Waals surface area contributed by atoms with E-state index in [1.807, 2.05) is 0 Å². The minimum atomic E-state index is -4.47. The molecule has 0 atom stereocenters. The van der Waals surface area contributed by atoms with Crippen molar-refractivity contribution in [1.82, 2.24) is 25.1 Å². The molecule has 11 heteroatoms. The van der Waals surface area contributed by atoms with Crippen LogP contribution in [0.2, 0.25) is 0 Å². The number of nitrogens with zero attached hydrogens (tertiary/aromatic N) is 4. The van der Waals surface area contributed by atoms with Gasteiger partial charge in [0.05, 0.1) is 5.56 Å². The summed E-state index contributed by atoms with van der Waals surface area (Å²) in [5.41, 5.74) is -0.276. The lowest BCUT2D eigenvalue weighted by Gasteiger charge is -2.11. The molecule has 2 aromatic heterocycles. The fourth-order valence-electron chi connectivity index (χ4n) is 2.43. The van der Waals surface area contributed by atoms with E-state index in [0.29, 0.717) is 34.7 Å². The molecular formula is C18H15F4N5OS. The summed E-state index contributed by atoms with van der Waals surface area (Å²) in [6.45, 7) is 1.71. The van der Waals surface area contributed by atoms with Crippen molar-refractivity contribution in [3.05, 3.63) is 59.8 Å². The summed E-state index contributed by atoms with van der Waals surface area (Å²) in [7, 11) is 0. The Hall–Kier alpha value is -2.95. The molecule has 0 spiro atoms. The standard InChI is InChI=1S/C18H15F4N5OS/c1-11(28)23-9-8-15-25-26-17(27(15)14-5-3-13(19)4-6-14)29-16-7-2-12(10-24-16)18(20,21)22/h2-7,10H,8-9H2,1H3,(H,23,28). The SMILES string of the molecule is CC(=O)NCCc1nnc(Sc2ccc(C(F)(F)F)cn2)n1-c1ccc(F)cc1. The molecular weight excluding hydrogens is 410 g/mol. The van der Waals surface area contributed by atoms with E-state index in [9.17, 15) is 22.4 Å². The maximum Gasteiger partial charge on any atom is 0.417 e. The highest BCUT2D eigenvalue weighted by Gasteiger charge is 2.30.